The van der Waals surface area contributed by atoms with Crippen molar-refractivity contribution >= 4 is 28.9 Å². The van der Waals surface area contributed by atoms with Gasteiger partial charge in [0.15, 0.2) is 6.61 Å². The largest absolute Gasteiger partial charge is 0.452 e. The van der Waals surface area contributed by atoms with Crippen LogP contribution in [0.3, 0.4) is 0 Å². The first kappa shape index (κ1) is 16.9. The van der Waals surface area contributed by atoms with Crippen molar-refractivity contribution in [2.45, 2.75) is 6.92 Å². The van der Waals surface area contributed by atoms with Crippen LogP contribution in [0.5, 0.6) is 0 Å². The lowest BCUT2D eigenvalue weighted by molar-refractivity contribution is -0.384. The minimum atomic E-state index is -0.717. The molecule has 2 rings (SSSR count). The summed E-state index contributed by atoms with van der Waals surface area (Å²) in [6.45, 7) is 1.22. The second-order valence-electron chi connectivity index (χ2n) is 4.97. The zero-order valence-corrected chi connectivity index (χ0v) is 12.8. The molecule has 0 heterocycles. The quantitative estimate of drug-likeness (QED) is 0.375. The number of hydrogen-bond donors (Lipinski definition) is 2. The van der Waals surface area contributed by atoms with Gasteiger partial charge in [0, 0.05) is 23.5 Å². The lowest BCUT2D eigenvalue weighted by Crippen LogP contribution is -2.21. The average Bonchev–Trinajstić information content (AvgIpc) is 2.55. The number of benzene rings is 2. The van der Waals surface area contributed by atoms with Gasteiger partial charge in [-0.1, -0.05) is 18.2 Å². The van der Waals surface area contributed by atoms with Crippen LogP contribution in [0.2, 0.25) is 0 Å². The molecule has 0 unspecified atom stereocenters. The molecular formula is C16H15N3O5. The molecule has 0 saturated carbocycles. The summed E-state index contributed by atoms with van der Waals surface area (Å²) >= 11 is 0. The van der Waals surface area contributed by atoms with Crippen molar-refractivity contribution in [2.24, 2.45) is 0 Å². The number of nitrogens with two attached hydrogens (primary N) is 1. The monoisotopic (exact) mass is 329 g/mol. The normalized spacial score (nSPS) is 10.0. The van der Waals surface area contributed by atoms with Crippen LogP contribution in [-0.4, -0.2) is 23.4 Å². The number of aryl methyl sites for hydroxylation is 1. The zero-order valence-electron chi connectivity index (χ0n) is 12.8. The summed E-state index contributed by atoms with van der Waals surface area (Å²) in [5, 5.41) is 13.1. The van der Waals surface area contributed by atoms with Crippen molar-refractivity contribution in [2.75, 3.05) is 17.7 Å². The Labute approximate surface area is 137 Å². The first-order chi connectivity index (χ1) is 11.4. The molecule has 0 fully saturated rings. The number of amides is 1. The van der Waals surface area contributed by atoms with Gasteiger partial charge in [-0.2, -0.15) is 0 Å². The third kappa shape index (κ3) is 4.07. The fourth-order valence-corrected chi connectivity index (χ4v) is 1.96. The third-order valence-electron chi connectivity index (χ3n) is 3.22. The first-order valence-corrected chi connectivity index (χ1v) is 6.95. The maximum atomic E-state index is 11.9. The van der Waals surface area contributed by atoms with Gasteiger partial charge in [0.25, 0.3) is 11.6 Å². The molecule has 0 radical (unpaired) electrons. The number of ether oxygens (including phenoxy) is 1. The number of nitrogen functional groups attached to an aromatic ring is 1. The van der Waals surface area contributed by atoms with Gasteiger partial charge in [0.1, 0.15) is 0 Å². The van der Waals surface area contributed by atoms with Gasteiger partial charge >= 0.3 is 5.97 Å². The van der Waals surface area contributed by atoms with E-state index < -0.39 is 23.4 Å². The third-order valence-corrected chi connectivity index (χ3v) is 3.22. The lowest BCUT2D eigenvalue weighted by atomic mass is 10.1. The Morgan fingerprint density at radius 3 is 2.67 bits per heavy atom. The highest BCUT2D eigenvalue weighted by molar-refractivity contribution is 5.98. The number of carbonyl (C=O) groups excluding carboxylic acids is 2. The first-order valence-electron chi connectivity index (χ1n) is 6.95. The molecular weight excluding hydrogens is 314 g/mol. The molecule has 2 aromatic carbocycles. The number of para-hydroxylation sites is 1. The number of esters is 1. The minimum absolute atomic E-state index is 0.155. The van der Waals surface area contributed by atoms with E-state index in [1.54, 1.807) is 19.1 Å². The van der Waals surface area contributed by atoms with Crippen LogP contribution in [0.1, 0.15) is 15.9 Å². The Balaban J connectivity index is 1.96. The predicted octanol–water partition coefficient (Wildman–Crippen LogP) is 2.28. The number of nitrogens with zero attached hydrogens (tertiary/aromatic N) is 1. The summed E-state index contributed by atoms with van der Waals surface area (Å²) in [7, 11) is 0. The lowest BCUT2D eigenvalue weighted by Gasteiger charge is -2.09. The molecule has 0 aliphatic heterocycles. The Bertz CT molecular complexity index is 804. The number of carbonyl (C=O) groups is 2. The SMILES string of the molecule is Cc1cccc(C(=O)OCC(=O)Nc2cccc([N+](=O)[O-])c2)c1N. The fraction of sp³-hybridized carbons (Fsp3) is 0.125. The Morgan fingerprint density at radius 2 is 1.96 bits per heavy atom. The second-order valence-corrected chi connectivity index (χ2v) is 4.97. The maximum absolute atomic E-state index is 11.9. The maximum Gasteiger partial charge on any atom is 0.340 e. The van der Waals surface area contributed by atoms with Crippen molar-refractivity contribution in [1.82, 2.24) is 0 Å². The molecule has 0 aromatic heterocycles. The Hall–Kier alpha value is -3.42. The van der Waals surface area contributed by atoms with Gasteiger partial charge in [-0.25, -0.2) is 4.79 Å². The van der Waals surface area contributed by atoms with E-state index in [4.69, 9.17) is 10.5 Å². The predicted molar refractivity (Wildman–Crippen MR) is 87.6 cm³/mol. The highest BCUT2D eigenvalue weighted by Gasteiger charge is 2.15. The van der Waals surface area contributed by atoms with Crippen molar-refractivity contribution in [3.05, 3.63) is 63.7 Å². The van der Waals surface area contributed by atoms with Crippen molar-refractivity contribution in [1.29, 1.82) is 0 Å². The number of anilines is 2. The fourth-order valence-electron chi connectivity index (χ4n) is 1.96. The Kier molecular flexibility index (Phi) is 5.10. The van der Waals surface area contributed by atoms with E-state index in [0.29, 0.717) is 5.69 Å². The number of nitrogens with one attached hydrogen (secondary N) is 1. The molecule has 0 aliphatic carbocycles. The summed E-state index contributed by atoms with van der Waals surface area (Å²) in [4.78, 5) is 33.8. The molecule has 8 nitrogen and oxygen atoms in total. The number of non-ortho nitro benzene ring substituents is 1. The van der Waals surface area contributed by atoms with Crippen molar-refractivity contribution in [3.8, 4) is 0 Å². The molecule has 3 N–H and O–H groups in total. The van der Waals surface area contributed by atoms with Crippen LogP contribution in [-0.2, 0) is 9.53 Å². The van der Waals surface area contributed by atoms with Crippen LogP contribution >= 0.6 is 0 Å². The van der Waals surface area contributed by atoms with E-state index in [1.165, 1.54) is 30.3 Å². The zero-order chi connectivity index (χ0) is 17.7. The van der Waals surface area contributed by atoms with Gasteiger partial charge in [0.05, 0.1) is 10.5 Å². The molecule has 24 heavy (non-hydrogen) atoms. The van der Waals surface area contributed by atoms with E-state index in [2.05, 4.69) is 5.32 Å². The molecule has 2 aromatic rings. The Morgan fingerprint density at radius 1 is 1.25 bits per heavy atom. The summed E-state index contributed by atoms with van der Waals surface area (Å²) in [5.74, 6) is -1.33. The van der Waals surface area contributed by atoms with Crippen LogP contribution in [0.4, 0.5) is 17.1 Å². The number of rotatable bonds is 5. The van der Waals surface area contributed by atoms with E-state index in [1.807, 2.05) is 0 Å². The summed E-state index contributed by atoms with van der Waals surface area (Å²) in [6, 6.07) is 10.3. The van der Waals surface area contributed by atoms with Crippen LogP contribution < -0.4 is 11.1 Å². The smallest absolute Gasteiger partial charge is 0.340 e. The molecule has 124 valence electrons. The van der Waals surface area contributed by atoms with Gasteiger partial charge in [-0.3, -0.25) is 14.9 Å². The number of nitro groups is 1. The highest BCUT2D eigenvalue weighted by Crippen LogP contribution is 2.18. The highest BCUT2D eigenvalue weighted by atomic mass is 16.6. The van der Waals surface area contributed by atoms with Crippen LogP contribution in [0.25, 0.3) is 0 Å². The van der Waals surface area contributed by atoms with Crippen LogP contribution in [0, 0.1) is 17.0 Å². The molecule has 0 saturated heterocycles. The van der Waals surface area contributed by atoms with Gasteiger partial charge < -0.3 is 15.8 Å². The van der Waals surface area contributed by atoms with Crippen molar-refractivity contribution in [3.63, 3.8) is 0 Å². The second kappa shape index (κ2) is 7.23. The van der Waals surface area contributed by atoms with E-state index >= 15 is 0 Å². The molecule has 0 bridgehead atoms. The number of hydrogen-bond acceptors (Lipinski definition) is 6. The molecule has 0 atom stereocenters. The van der Waals surface area contributed by atoms with Gasteiger partial charge in [-0.15, -0.1) is 0 Å². The van der Waals surface area contributed by atoms with Gasteiger partial charge in [0.2, 0.25) is 0 Å². The minimum Gasteiger partial charge on any atom is -0.452 e. The molecule has 8 heteroatoms. The van der Waals surface area contributed by atoms with E-state index in [-0.39, 0.29) is 16.9 Å². The average molecular weight is 329 g/mol. The van der Waals surface area contributed by atoms with E-state index in [9.17, 15) is 19.7 Å². The summed E-state index contributed by atoms with van der Waals surface area (Å²) in [5.41, 5.74) is 7.07. The summed E-state index contributed by atoms with van der Waals surface area (Å²) in [6.07, 6.45) is 0. The molecule has 1 amide bonds. The van der Waals surface area contributed by atoms with E-state index in [0.717, 1.165) is 5.56 Å². The van der Waals surface area contributed by atoms with Crippen molar-refractivity contribution < 1.29 is 19.2 Å². The standard InChI is InChI=1S/C16H15N3O5/c1-10-4-2-7-13(15(10)17)16(21)24-9-14(20)18-11-5-3-6-12(8-11)19(22)23/h2-8H,9,17H2,1H3,(H,18,20). The molecule has 0 aliphatic rings. The molecule has 0 spiro atoms. The number of nitro benzene ring substituents is 1. The topological polar surface area (TPSA) is 125 Å². The summed E-state index contributed by atoms with van der Waals surface area (Å²) < 4.78 is 4.91. The van der Waals surface area contributed by atoms with Gasteiger partial charge in [-0.05, 0) is 24.6 Å². The van der Waals surface area contributed by atoms with Crippen LogP contribution in [0.15, 0.2) is 42.5 Å².